The van der Waals surface area contributed by atoms with Crippen LogP contribution in [0.1, 0.15) is 35.8 Å². The Hall–Kier alpha value is -3.52. The summed E-state index contributed by atoms with van der Waals surface area (Å²) in [6.45, 7) is 2.71. The molecular formula is C24H24N6OS. The van der Waals surface area contributed by atoms with Crippen molar-refractivity contribution >= 4 is 44.2 Å². The Balaban J connectivity index is 1.32. The number of likely N-dealkylation sites (tertiary alicyclic amines) is 1. The molecule has 5 rings (SSSR count). The molecule has 1 saturated heterocycles. The molecule has 0 unspecified atom stereocenters. The molecule has 4 heterocycles. The third-order valence-corrected chi connectivity index (χ3v) is 6.50. The minimum absolute atomic E-state index is 0.0162. The van der Waals surface area contributed by atoms with Gasteiger partial charge in [-0.25, -0.2) is 15.0 Å². The number of nitrogens with two attached hydrogens (primary N) is 1. The van der Waals surface area contributed by atoms with Gasteiger partial charge in [-0.3, -0.25) is 4.79 Å². The molecule has 0 radical (unpaired) electrons. The van der Waals surface area contributed by atoms with E-state index in [0.717, 1.165) is 58.2 Å². The average Bonchev–Trinajstić information content (AvgIpc) is 3.40. The highest BCUT2D eigenvalue weighted by molar-refractivity contribution is 7.22. The summed E-state index contributed by atoms with van der Waals surface area (Å²) in [6.07, 6.45) is 2.24. The van der Waals surface area contributed by atoms with E-state index in [9.17, 15) is 4.79 Å². The molecule has 32 heavy (non-hydrogen) atoms. The standard InChI is InChI=1S/C24H24N6OS/c1-15-5-2-8-21(26-15)29-22-9-3-6-17(27-22)19-7-4-12-30(19)23(31)14-16-10-11-18-20(13-16)32-24(25)28-18/h2-3,5-6,8-11,13,19H,4,7,12,14H2,1H3,(H2,25,28)(H,26,27,29)/t19-/m0/s1. The third-order valence-electron chi connectivity index (χ3n) is 5.65. The van der Waals surface area contributed by atoms with Crippen LogP contribution in [0.25, 0.3) is 10.2 Å². The van der Waals surface area contributed by atoms with Gasteiger partial charge in [-0.1, -0.05) is 29.5 Å². The van der Waals surface area contributed by atoms with Crippen LogP contribution in [0.2, 0.25) is 0 Å². The highest BCUT2D eigenvalue weighted by atomic mass is 32.1. The van der Waals surface area contributed by atoms with Gasteiger partial charge in [0.2, 0.25) is 5.91 Å². The molecular weight excluding hydrogens is 420 g/mol. The number of nitrogen functional groups attached to an aromatic ring is 1. The van der Waals surface area contributed by atoms with Crippen LogP contribution in [0.15, 0.2) is 54.6 Å². The van der Waals surface area contributed by atoms with E-state index in [1.54, 1.807) is 0 Å². The van der Waals surface area contributed by atoms with Crippen molar-refractivity contribution in [3.05, 3.63) is 71.5 Å². The second-order valence-corrected chi connectivity index (χ2v) is 9.08. The van der Waals surface area contributed by atoms with E-state index in [4.69, 9.17) is 10.7 Å². The van der Waals surface area contributed by atoms with Crippen molar-refractivity contribution in [3.63, 3.8) is 0 Å². The summed E-state index contributed by atoms with van der Waals surface area (Å²) in [4.78, 5) is 28.7. The van der Waals surface area contributed by atoms with Crippen molar-refractivity contribution in [2.45, 2.75) is 32.2 Å². The van der Waals surface area contributed by atoms with Gasteiger partial charge in [0, 0.05) is 12.2 Å². The van der Waals surface area contributed by atoms with Gasteiger partial charge < -0.3 is 16.0 Å². The first-order valence-electron chi connectivity index (χ1n) is 10.7. The molecule has 3 aromatic heterocycles. The summed E-state index contributed by atoms with van der Waals surface area (Å²) >= 11 is 1.45. The van der Waals surface area contributed by atoms with Crippen LogP contribution in [-0.4, -0.2) is 32.3 Å². The van der Waals surface area contributed by atoms with Crippen LogP contribution >= 0.6 is 11.3 Å². The van der Waals surface area contributed by atoms with Gasteiger partial charge in [-0.2, -0.15) is 0 Å². The molecule has 0 spiro atoms. The fraction of sp³-hybridized carbons (Fsp3) is 0.250. The van der Waals surface area contributed by atoms with Crippen LogP contribution in [0.4, 0.5) is 16.8 Å². The molecule has 0 aliphatic carbocycles. The number of hydrogen-bond acceptors (Lipinski definition) is 7. The second kappa shape index (κ2) is 8.55. The highest BCUT2D eigenvalue weighted by Gasteiger charge is 2.31. The first-order chi connectivity index (χ1) is 15.5. The minimum Gasteiger partial charge on any atom is -0.375 e. The Bertz CT molecular complexity index is 1290. The number of aryl methyl sites for hydroxylation is 1. The number of hydrogen-bond donors (Lipinski definition) is 2. The molecule has 1 aliphatic heterocycles. The molecule has 0 bridgehead atoms. The molecule has 3 N–H and O–H groups in total. The number of carbonyl (C=O) groups excluding carboxylic acids is 1. The van der Waals surface area contributed by atoms with E-state index >= 15 is 0 Å². The van der Waals surface area contributed by atoms with E-state index in [1.165, 1.54) is 11.3 Å². The highest BCUT2D eigenvalue weighted by Crippen LogP contribution is 2.32. The third kappa shape index (κ3) is 4.27. The van der Waals surface area contributed by atoms with Gasteiger partial charge in [0.05, 0.1) is 28.4 Å². The zero-order chi connectivity index (χ0) is 22.1. The maximum atomic E-state index is 13.2. The van der Waals surface area contributed by atoms with Gasteiger partial charge in [-0.05, 0) is 61.7 Å². The van der Waals surface area contributed by atoms with Crippen LogP contribution in [-0.2, 0) is 11.2 Å². The molecule has 8 heteroatoms. The Morgan fingerprint density at radius 1 is 1.12 bits per heavy atom. The molecule has 1 atom stereocenters. The van der Waals surface area contributed by atoms with Crippen LogP contribution in [0, 0.1) is 6.92 Å². The maximum Gasteiger partial charge on any atom is 0.227 e. The van der Waals surface area contributed by atoms with Crippen molar-refractivity contribution in [1.29, 1.82) is 0 Å². The van der Waals surface area contributed by atoms with Crippen molar-refractivity contribution in [2.24, 2.45) is 0 Å². The van der Waals surface area contributed by atoms with E-state index in [1.807, 2.05) is 66.4 Å². The number of aromatic nitrogens is 3. The number of benzene rings is 1. The first kappa shape index (κ1) is 20.4. The molecule has 7 nitrogen and oxygen atoms in total. The maximum absolute atomic E-state index is 13.2. The quantitative estimate of drug-likeness (QED) is 0.466. The SMILES string of the molecule is Cc1cccc(Nc2cccc([C@@H]3CCCN3C(=O)Cc3ccc4nc(N)sc4c3)n2)n1. The smallest absolute Gasteiger partial charge is 0.227 e. The average molecular weight is 445 g/mol. The van der Waals surface area contributed by atoms with Crippen LogP contribution in [0.3, 0.4) is 0 Å². The lowest BCUT2D eigenvalue weighted by atomic mass is 10.1. The number of thiazole rings is 1. The largest absolute Gasteiger partial charge is 0.375 e. The van der Waals surface area contributed by atoms with E-state index < -0.39 is 0 Å². The fourth-order valence-corrected chi connectivity index (χ4v) is 4.99. The van der Waals surface area contributed by atoms with Crippen LogP contribution < -0.4 is 11.1 Å². The first-order valence-corrected chi connectivity index (χ1v) is 11.5. The lowest BCUT2D eigenvalue weighted by Crippen LogP contribution is -2.32. The Kier molecular flexibility index (Phi) is 5.45. The summed E-state index contributed by atoms with van der Waals surface area (Å²) in [5, 5.41) is 3.82. The summed E-state index contributed by atoms with van der Waals surface area (Å²) in [6, 6.07) is 17.6. The molecule has 0 saturated carbocycles. The van der Waals surface area contributed by atoms with Gasteiger partial charge >= 0.3 is 0 Å². The minimum atomic E-state index is -0.0162. The van der Waals surface area contributed by atoms with Crippen molar-refractivity contribution < 1.29 is 4.79 Å². The van der Waals surface area contributed by atoms with Gasteiger partial charge in [0.15, 0.2) is 5.13 Å². The number of anilines is 3. The molecule has 1 aliphatic rings. The molecule has 4 aromatic rings. The normalized spacial score (nSPS) is 15.9. The molecule has 1 fully saturated rings. The van der Waals surface area contributed by atoms with Gasteiger partial charge in [-0.15, -0.1) is 0 Å². The van der Waals surface area contributed by atoms with Crippen LogP contribution in [0.5, 0.6) is 0 Å². The number of nitrogens with zero attached hydrogens (tertiary/aromatic N) is 4. The fourth-order valence-electron chi connectivity index (χ4n) is 4.20. The molecule has 1 amide bonds. The summed E-state index contributed by atoms with van der Waals surface area (Å²) < 4.78 is 1.01. The number of carbonyl (C=O) groups is 1. The molecule has 162 valence electrons. The zero-order valence-electron chi connectivity index (χ0n) is 17.8. The van der Waals surface area contributed by atoms with E-state index in [-0.39, 0.29) is 11.9 Å². The van der Waals surface area contributed by atoms with E-state index in [2.05, 4.69) is 15.3 Å². The Labute approximate surface area is 190 Å². The van der Waals surface area contributed by atoms with Gasteiger partial charge in [0.25, 0.3) is 0 Å². The topological polar surface area (TPSA) is 97.0 Å². The van der Waals surface area contributed by atoms with Crippen molar-refractivity contribution in [2.75, 3.05) is 17.6 Å². The predicted molar refractivity (Wildman–Crippen MR) is 128 cm³/mol. The van der Waals surface area contributed by atoms with Gasteiger partial charge in [0.1, 0.15) is 11.6 Å². The number of nitrogens with one attached hydrogen (secondary N) is 1. The van der Waals surface area contributed by atoms with Crippen molar-refractivity contribution in [3.8, 4) is 0 Å². The van der Waals surface area contributed by atoms with E-state index in [0.29, 0.717) is 11.6 Å². The lowest BCUT2D eigenvalue weighted by Gasteiger charge is -2.25. The number of amides is 1. The number of fused-ring (bicyclic) bond motifs is 1. The predicted octanol–water partition coefficient (Wildman–Crippen LogP) is 4.63. The number of pyridine rings is 2. The lowest BCUT2D eigenvalue weighted by molar-refractivity contribution is -0.131. The Morgan fingerprint density at radius 2 is 1.94 bits per heavy atom. The number of rotatable bonds is 5. The molecule has 1 aromatic carbocycles. The Morgan fingerprint density at radius 3 is 2.78 bits per heavy atom. The zero-order valence-corrected chi connectivity index (χ0v) is 18.6. The summed E-state index contributed by atoms with van der Waals surface area (Å²) in [5.41, 5.74) is 9.50. The monoisotopic (exact) mass is 444 g/mol. The summed E-state index contributed by atoms with van der Waals surface area (Å²) in [7, 11) is 0. The summed E-state index contributed by atoms with van der Waals surface area (Å²) in [5.74, 6) is 1.60. The van der Waals surface area contributed by atoms with Crippen molar-refractivity contribution in [1.82, 2.24) is 19.9 Å². The second-order valence-electron chi connectivity index (χ2n) is 8.01.